The van der Waals surface area contributed by atoms with Crippen molar-refractivity contribution in [1.82, 2.24) is 9.80 Å². The number of carbonyl (C=O) groups is 2. The summed E-state index contributed by atoms with van der Waals surface area (Å²) in [6, 6.07) is 5.62. The third kappa shape index (κ3) is 4.73. The zero-order chi connectivity index (χ0) is 17.6. The van der Waals surface area contributed by atoms with Crippen LogP contribution in [0.2, 0.25) is 0 Å². The molecule has 0 unspecified atom stereocenters. The van der Waals surface area contributed by atoms with E-state index in [1.165, 1.54) is 0 Å². The number of nitrogens with two attached hydrogens (primary N) is 1. The van der Waals surface area contributed by atoms with Gasteiger partial charge in [-0.2, -0.15) is 0 Å². The highest BCUT2D eigenvalue weighted by atomic mass is 16.6. The standard InChI is InChI=1S/C18H23N3O4/c19-17(22)13-20-6-1-7-21(9-8-20)18(23)5-3-14-2-4-15-16(12-14)25-11-10-24-15/h2-5,12H,1,6-11,13H2,(H2,19,22)/b5-3+. The average molecular weight is 345 g/mol. The molecule has 2 heterocycles. The van der Waals surface area contributed by atoms with E-state index >= 15 is 0 Å². The van der Waals surface area contributed by atoms with Gasteiger partial charge in [-0.3, -0.25) is 14.5 Å². The average Bonchev–Trinajstić information content (AvgIpc) is 2.84. The molecule has 2 aliphatic rings. The lowest BCUT2D eigenvalue weighted by Gasteiger charge is -2.20. The zero-order valence-electron chi connectivity index (χ0n) is 14.1. The van der Waals surface area contributed by atoms with Crippen LogP contribution in [-0.2, 0) is 9.59 Å². The first-order valence-corrected chi connectivity index (χ1v) is 8.49. The largest absolute Gasteiger partial charge is 0.486 e. The van der Waals surface area contributed by atoms with Crippen molar-refractivity contribution in [2.75, 3.05) is 45.9 Å². The maximum Gasteiger partial charge on any atom is 0.246 e. The van der Waals surface area contributed by atoms with Gasteiger partial charge in [-0.25, -0.2) is 0 Å². The van der Waals surface area contributed by atoms with Gasteiger partial charge < -0.3 is 20.1 Å². The number of primary amides is 1. The third-order valence-corrected chi connectivity index (χ3v) is 4.26. The predicted octanol–water partition coefficient (Wildman–Crippen LogP) is 0.491. The molecule has 1 aromatic rings. The molecule has 1 fully saturated rings. The summed E-state index contributed by atoms with van der Waals surface area (Å²) in [5.41, 5.74) is 6.13. The van der Waals surface area contributed by atoms with E-state index in [0.717, 1.165) is 24.3 Å². The Balaban J connectivity index is 1.58. The summed E-state index contributed by atoms with van der Waals surface area (Å²) in [7, 11) is 0. The Labute approximate surface area is 147 Å². The van der Waals surface area contributed by atoms with E-state index in [9.17, 15) is 9.59 Å². The highest BCUT2D eigenvalue weighted by Crippen LogP contribution is 2.31. The fraction of sp³-hybridized carbons (Fsp3) is 0.444. The van der Waals surface area contributed by atoms with Gasteiger partial charge in [0.15, 0.2) is 11.5 Å². The molecule has 0 atom stereocenters. The maximum absolute atomic E-state index is 12.4. The topological polar surface area (TPSA) is 85.1 Å². The monoisotopic (exact) mass is 345 g/mol. The summed E-state index contributed by atoms with van der Waals surface area (Å²) in [5.74, 6) is 1.07. The van der Waals surface area contributed by atoms with E-state index in [0.29, 0.717) is 38.6 Å². The Kier molecular flexibility index (Phi) is 5.55. The smallest absolute Gasteiger partial charge is 0.246 e. The number of carbonyl (C=O) groups excluding carboxylic acids is 2. The molecule has 0 saturated carbocycles. The first-order chi connectivity index (χ1) is 12.1. The molecule has 1 aromatic carbocycles. The van der Waals surface area contributed by atoms with E-state index in [4.69, 9.17) is 15.2 Å². The van der Waals surface area contributed by atoms with Crippen LogP contribution in [0.5, 0.6) is 11.5 Å². The van der Waals surface area contributed by atoms with Gasteiger partial charge >= 0.3 is 0 Å². The van der Waals surface area contributed by atoms with Crippen LogP contribution in [0, 0.1) is 0 Å². The molecule has 0 radical (unpaired) electrons. The summed E-state index contributed by atoms with van der Waals surface area (Å²) < 4.78 is 11.0. The molecule has 7 nitrogen and oxygen atoms in total. The fourth-order valence-electron chi connectivity index (χ4n) is 3.01. The van der Waals surface area contributed by atoms with Gasteiger partial charge in [0.1, 0.15) is 13.2 Å². The SMILES string of the molecule is NC(=O)CN1CCCN(C(=O)/C=C/c2ccc3c(c2)OCCO3)CC1. The second kappa shape index (κ2) is 8.02. The Hall–Kier alpha value is -2.54. The molecular weight excluding hydrogens is 322 g/mol. The number of benzene rings is 1. The molecule has 1 saturated heterocycles. The lowest BCUT2D eigenvalue weighted by molar-refractivity contribution is -0.125. The van der Waals surface area contributed by atoms with E-state index in [1.54, 1.807) is 17.1 Å². The first-order valence-electron chi connectivity index (χ1n) is 8.49. The molecule has 0 spiro atoms. The maximum atomic E-state index is 12.4. The number of amides is 2. The van der Waals surface area contributed by atoms with Crippen LogP contribution in [0.15, 0.2) is 24.3 Å². The van der Waals surface area contributed by atoms with Crippen LogP contribution < -0.4 is 15.2 Å². The molecule has 7 heteroatoms. The van der Waals surface area contributed by atoms with Crippen molar-refractivity contribution in [3.8, 4) is 11.5 Å². The van der Waals surface area contributed by atoms with Crippen molar-refractivity contribution in [1.29, 1.82) is 0 Å². The van der Waals surface area contributed by atoms with Crippen molar-refractivity contribution in [3.63, 3.8) is 0 Å². The number of fused-ring (bicyclic) bond motifs is 1. The lowest BCUT2D eigenvalue weighted by atomic mass is 10.1. The van der Waals surface area contributed by atoms with Crippen LogP contribution in [-0.4, -0.2) is 67.6 Å². The minimum absolute atomic E-state index is 0.0317. The molecular formula is C18H23N3O4. The molecule has 134 valence electrons. The number of rotatable bonds is 4. The highest BCUT2D eigenvalue weighted by Gasteiger charge is 2.18. The summed E-state index contributed by atoms with van der Waals surface area (Å²) in [5, 5.41) is 0. The van der Waals surface area contributed by atoms with Crippen LogP contribution in [0.1, 0.15) is 12.0 Å². The van der Waals surface area contributed by atoms with E-state index < -0.39 is 0 Å². The van der Waals surface area contributed by atoms with Crippen LogP contribution >= 0.6 is 0 Å². The first kappa shape index (κ1) is 17.3. The van der Waals surface area contributed by atoms with Crippen molar-refractivity contribution in [2.24, 2.45) is 5.73 Å². The zero-order valence-corrected chi connectivity index (χ0v) is 14.1. The molecule has 0 bridgehead atoms. The molecule has 25 heavy (non-hydrogen) atoms. The number of nitrogens with zero attached hydrogens (tertiary/aromatic N) is 2. The van der Waals surface area contributed by atoms with Crippen molar-refractivity contribution >= 4 is 17.9 Å². The minimum Gasteiger partial charge on any atom is -0.486 e. The second-order valence-electron chi connectivity index (χ2n) is 6.16. The highest BCUT2D eigenvalue weighted by molar-refractivity contribution is 5.92. The fourth-order valence-corrected chi connectivity index (χ4v) is 3.01. The van der Waals surface area contributed by atoms with Gasteiger partial charge in [-0.05, 0) is 30.2 Å². The molecule has 2 N–H and O–H groups in total. The van der Waals surface area contributed by atoms with Gasteiger partial charge in [0.25, 0.3) is 0 Å². The van der Waals surface area contributed by atoms with Crippen LogP contribution in [0.4, 0.5) is 0 Å². The molecule has 0 aromatic heterocycles. The predicted molar refractivity (Wildman–Crippen MR) is 93.3 cm³/mol. The molecule has 2 amide bonds. The van der Waals surface area contributed by atoms with Crippen molar-refractivity contribution in [3.05, 3.63) is 29.8 Å². The Morgan fingerprint density at radius 3 is 2.68 bits per heavy atom. The van der Waals surface area contributed by atoms with E-state index in [-0.39, 0.29) is 18.4 Å². The van der Waals surface area contributed by atoms with Crippen molar-refractivity contribution in [2.45, 2.75) is 6.42 Å². The number of hydrogen-bond acceptors (Lipinski definition) is 5. The summed E-state index contributed by atoms with van der Waals surface area (Å²) in [4.78, 5) is 27.2. The van der Waals surface area contributed by atoms with Gasteiger partial charge in [-0.15, -0.1) is 0 Å². The van der Waals surface area contributed by atoms with Gasteiger partial charge in [0.05, 0.1) is 6.54 Å². The van der Waals surface area contributed by atoms with Gasteiger partial charge in [0, 0.05) is 32.3 Å². The number of ether oxygens (including phenoxy) is 2. The summed E-state index contributed by atoms with van der Waals surface area (Å²) in [6.07, 6.45) is 4.19. The summed E-state index contributed by atoms with van der Waals surface area (Å²) >= 11 is 0. The van der Waals surface area contributed by atoms with Crippen LogP contribution in [0.3, 0.4) is 0 Å². The number of hydrogen-bond donors (Lipinski definition) is 1. The van der Waals surface area contributed by atoms with E-state index in [1.807, 2.05) is 23.1 Å². The Morgan fingerprint density at radius 2 is 1.88 bits per heavy atom. The van der Waals surface area contributed by atoms with E-state index in [2.05, 4.69) is 0 Å². The van der Waals surface area contributed by atoms with Gasteiger partial charge in [0.2, 0.25) is 11.8 Å². The minimum atomic E-state index is -0.335. The molecule has 0 aliphatic carbocycles. The molecule has 2 aliphatic heterocycles. The normalized spacial score (nSPS) is 18.2. The van der Waals surface area contributed by atoms with Gasteiger partial charge in [-0.1, -0.05) is 6.07 Å². The third-order valence-electron chi connectivity index (χ3n) is 4.26. The van der Waals surface area contributed by atoms with Crippen LogP contribution in [0.25, 0.3) is 6.08 Å². The van der Waals surface area contributed by atoms with Crippen molar-refractivity contribution < 1.29 is 19.1 Å². The quantitative estimate of drug-likeness (QED) is 0.803. The second-order valence-corrected chi connectivity index (χ2v) is 6.16. The Bertz CT molecular complexity index is 674. The lowest BCUT2D eigenvalue weighted by Crippen LogP contribution is -2.37. The summed E-state index contributed by atoms with van der Waals surface area (Å²) in [6.45, 7) is 4.05. The molecule has 3 rings (SSSR count). The Morgan fingerprint density at radius 1 is 1.08 bits per heavy atom.